The van der Waals surface area contributed by atoms with E-state index in [2.05, 4.69) is 4.98 Å². The number of rotatable bonds is 5. The molecule has 2 nitrogen and oxygen atoms in total. The highest BCUT2D eigenvalue weighted by atomic mass is 35.5. The zero-order valence-electron chi connectivity index (χ0n) is 10.3. The quantitative estimate of drug-likeness (QED) is 0.835. The standard InChI is InChI=1S/C15H13ClFNO/c16-12-5-4-11(15(17)10-12)9-14(19)7-6-13-3-1-2-8-18-13/h1-5,8,10H,6-7,9H2. The predicted molar refractivity (Wildman–Crippen MR) is 72.7 cm³/mol. The van der Waals surface area contributed by atoms with Crippen molar-refractivity contribution in [2.45, 2.75) is 19.3 Å². The molecule has 2 aromatic rings. The summed E-state index contributed by atoms with van der Waals surface area (Å²) >= 11 is 5.66. The number of nitrogens with zero attached hydrogens (tertiary/aromatic N) is 1. The number of aryl methyl sites for hydroxylation is 1. The molecule has 0 saturated carbocycles. The molecular weight excluding hydrogens is 265 g/mol. The summed E-state index contributed by atoms with van der Waals surface area (Å²) in [6.07, 6.45) is 2.72. The van der Waals surface area contributed by atoms with Crippen LogP contribution < -0.4 is 0 Å². The monoisotopic (exact) mass is 277 g/mol. The Morgan fingerprint density at radius 1 is 1.26 bits per heavy atom. The summed E-state index contributed by atoms with van der Waals surface area (Å²) in [7, 11) is 0. The van der Waals surface area contributed by atoms with Crippen LogP contribution in [-0.2, 0) is 17.6 Å². The Morgan fingerprint density at radius 3 is 2.79 bits per heavy atom. The molecule has 0 aliphatic heterocycles. The van der Waals surface area contributed by atoms with E-state index in [1.54, 1.807) is 18.3 Å². The highest BCUT2D eigenvalue weighted by Crippen LogP contribution is 2.16. The molecule has 0 spiro atoms. The lowest BCUT2D eigenvalue weighted by Gasteiger charge is -2.03. The molecule has 1 aromatic carbocycles. The molecule has 0 radical (unpaired) electrons. The van der Waals surface area contributed by atoms with Crippen molar-refractivity contribution in [2.24, 2.45) is 0 Å². The molecule has 19 heavy (non-hydrogen) atoms. The molecule has 0 atom stereocenters. The van der Waals surface area contributed by atoms with Crippen LogP contribution in [0.1, 0.15) is 17.7 Å². The average Bonchev–Trinajstić information content (AvgIpc) is 2.41. The van der Waals surface area contributed by atoms with Crippen LogP contribution in [0.3, 0.4) is 0 Å². The SMILES string of the molecule is O=C(CCc1ccccn1)Cc1ccc(Cl)cc1F. The minimum Gasteiger partial charge on any atom is -0.299 e. The number of Topliss-reactive ketones (excluding diaryl/α,β-unsaturated/α-hetero) is 1. The van der Waals surface area contributed by atoms with Gasteiger partial charge in [-0.3, -0.25) is 9.78 Å². The van der Waals surface area contributed by atoms with Crippen molar-refractivity contribution in [1.29, 1.82) is 0 Å². The van der Waals surface area contributed by atoms with E-state index < -0.39 is 5.82 Å². The first-order valence-electron chi connectivity index (χ1n) is 6.00. The Labute approximate surface area is 116 Å². The number of ketones is 1. The van der Waals surface area contributed by atoms with Crippen LogP contribution in [0.5, 0.6) is 0 Å². The zero-order chi connectivity index (χ0) is 13.7. The van der Waals surface area contributed by atoms with Crippen molar-refractivity contribution in [1.82, 2.24) is 4.98 Å². The summed E-state index contributed by atoms with van der Waals surface area (Å²) in [6, 6.07) is 9.95. The minimum absolute atomic E-state index is 0.00752. The van der Waals surface area contributed by atoms with Crippen LogP contribution >= 0.6 is 11.6 Å². The van der Waals surface area contributed by atoms with Gasteiger partial charge in [-0.05, 0) is 36.2 Å². The Balaban J connectivity index is 1.91. The molecule has 0 fully saturated rings. The normalized spacial score (nSPS) is 10.4. The molecular formula is C15H13ClFNO. The molecule has 0 bridgehead atoms. The number of carbonyl (C=O) groups is 1. The van der Waals surface area contributed by atoms with E-state index in [0.29, 0.717) is 23.4 Å². The minimum atomic E-state index is -0.432. The lowest BCUT2D eigenvalue weighted by Crippen LogP contribution is -2.06. The van der Waals surface area contributed by atoms with Gasteiger partial charge in [-0.25, -0.2) is 4.39 Å². The number of hydrogen-bond donors (Lipinski definition) is 0. The summed E-state index contributed by atoms with van der Waals surface area (Å²) in [6.45, 7) is 0. The number of hydrogen-bond acceptors (Lipinski definition) is 2. The third-order valence-corrected chi connectivity index (χ3v) is 3.02. The largest absolute Gasteiger partial charge is 0.299 e. The summed E-state index contributed by atoms with van der Waals surface area (Å²) in [5.74, 6) is -0.439. The Bertz CT molecular complexity index is 572. The van der Waals surface area contributed by atoms with Crippen LogP contribution in [0, 0.1) is 5.82 Å². The molecule has 4 heteroatoms. The van der Waals surface area contributed by atoms with Crippen LogP contribution in [0.4, 0.5) is 4.39 Å². The van der Waals surface area contributed by atoms with Gasteiger partial charge in [-0.2, -0.15) is 0 Å². The van der Waals surface area contributed by atoms with Crippen LogP contribution in [0.25, 0.3) is 0 Å². The second kappa shape index (κ2) is 6.43. The van der Waals surface area contributed by atoms with Crippen molar-refractivity contribution in [3.63, 3.8) is 0 Å². The van der Waals surface area contributed by atoms with E-state index in [4.69, 9.17) is 11.6 Å². The smallest absolute Gasteiger partial charge is 0.137 e. The molecule has 2 rings (SSSR count). The summed E-state index contributed by atoms with van der Waals surface area (Å²) < 4.78 is 13.5. The number of aromatic nitrogens is 1. The first-order valence-corrected chi connectivity index (χ1v) is 6.38. The first-order chi connectivity index (χ1) is 9.15. The van der Waals surface area contributed by atoms with Gasteiger partial charge in [0.2, 0.25) is 0 Å². The van der Waals surface area contributed by atoms with Gasteiger partial charge in [0, 0.05) is 29.8 Å². The third-order valence-electron chi connectivity index (χ3n) is 2.79. The van der Waals surface area contributed by atoms with E-state index in [-0.39, 0.29) is 12.2 Å². The fraction of sp³-hybridized carbons (Fsp3) is 0.200. The van der Waals surface area contributed by atoms with Crippen molar-refractivity contribution in [2.75, 3.05) is 0 Å². The fourth-order valence-electron chi connectivity index (χ4n) is 1.78. The van der Waals surface area contributed by atoms with E-state index in [1.165, 1.54) is 6.07 Å². The first kappa shape index (κ1) is 13.7. The summed E-state index contributed by atoms with van der Waals surface area (Å²) in [4.78, 5) is 15.9. The number of pyridine rings is 1. The Hall–Kier alpha value is -1.74. The number of carbonyl (C=O) groups excluding carboxylic acids is 1. The topological polar surface area (TPSA) is 30.0 Å². The summed E-state index contributed by atoms with van der Waals surface area (Å²) in [5, 5.41) is 0.335. The van der Waals surface area contributed by atoms with Crippen molar-refractivity contribution in [3.8, 4) is 0 Å². The molecule has 0 amide bonds. The number of benzene rings is 1. The second-order valence-corrected chi connectivity index (χ2v) is 4.71. The molecule has 0 aliphatic carbocycles. The van der Waals surface area contributed by atoms with Crippen LogP contribution in [-0.4, -0.2) is 10.8 Å². The highest BCUT2D eigenvalue weighted by molar-refractivity contribution is 6.30. The molecule has 98 valence electrons. The lowest BCUT2D eigenvalue weighted by atomic mass is 10.0. The highest BCUT2D eigenvalue weighted by Gasteiger charge is 2.09. The molecule has 0 aliphatic rings. The molecule has 0 N–H and O–H groups in total. The lowest BCUT2D eigenvalue weighted by molar-refractivity contribution is -0.118. The van der Waals surface area contributed by atoms with Gasteiger partial charge in [0.25, 0.3) is 0 Å². The van der Waals surface area contributed by atoms with Gasteiger partial charge in [0.15, 0.2) is 0 Å². The van der Waals surface area contributed by atoms with Gasteiger partial charge in [0.1, 0.15) is 11.6 Å². The fourth-order valence-corrected chi connectivity index (χ4v) is 1.94. The van der Waals surface area contributed by atoms with Gasteiger partial charge >= 0.3 is 0 Å². The Kier molecular flexibility index (Phi) is 4.63. The van der Waals surface area contributed by atoms with Crippen LogP contribution in [0.15, 0.2) is 42.6 Å². The average molecular weight is 278 g/mol. The van der Waals surface area contributed by atoms with Gasteiger partial charge in [0.05, 0.1) is 0 Å². The third kappa shape index (κ3) is 4.14. The van der Waals surface area contributed by atoms with E-state index >= 15 is 0 Å². The predicted octanol–water partition coefficient (Wildman–Crippen LogP) is 3.62. The molecule has 0 saturated heterocycles. The van der Waals surface area contributed by atoms with E-state index in [1.807, 2.05) is 18.2 Å². The second-order valence-electron chi connectivity index (χ2n) is 4.27. The van der Waals surface area contributed by atoms with Crippen molar-refractivity contribution in [3.05, 3.63) is 64.7 Å². The molecule has 1 aromatic heterocycles. The van der Waals surface area contributed by atoms with Crippen LogP contribution in [0.2, 0.25) is 5.02 Å². The molecule has 0 unspecified atom stereocenters. The van der Waals surface area contributed by atoms with Gasteiger partial charge in [-0.15, -0.1) is 0 Å². The Morgan fingerprint density at radius 2 is 2.11 bits per heavy atom. The van der Waals surface area contributed by atoms with Crippen molar-refractivity contribution < 1.29 is 9.18 Å². The van der Waals surface area contributed by atoms with E-state index in [0.717, 1.165) is 5.69 Å². The van der Waals surface area contributed by atoms with Crippen molar-refractivity contribution >= 4 is 17.4 Å². The summed E-state index contributed by atoms with van der Waals surface area (Å²) in [5.41, 5.74) is 1.25. The number of halogens is 2. The van der Waals surface area contributed by atoms with Gasteiger partial charge in [-0.1, -0.05) is 23.7 Å². The maximum absolute atomic E-state index is 13.5. The maximum Gasteiger partial charge on any atom is 0.137 e. The van der Waals surface area contributed by atoms with Gasteiger partial charge < -0.3 is 0 Å². The zero-order valence-corrected chi connectivity index (χ0v) is 11.0. The van der Waals surface area contributed by atoms with E-state index in [9.17, 15) is 9.18 Å². The maximum atomic E-state index is 13.5. The molecule has 1 heterocycles.